The van der Waals surface area contributed by atoms with Crippen molar-refractivity contribution in [2.24, 2.45) is 5.92 Å². The van der Waals surface area contributed by atoms with Crippen LogP contribution in [0.2, 0.25) is 0 Å². The smallest absolute Gasteiger partial charge is 0.0255 e. The quantitative estimate of drug-likeness (QED) is 0.579. The standard InChI is InChI=1S/C12H13/c1-4-11-5-7-12(8-6-11)9-10(2)3/h5-8,10H,9H2,2-3H3. The van der Waals surface area contributed by atoms with E-state index in [9.17, 15) is 0 Å². The lowest BCUT2D eigenvalue weighted by molar-refractivity contribution is 0.647. The van der Waals surface area contributed by atoms with E-state index in [2.05, 4.69) is 31.9 Å². The van der Waals surface area contributed by atoms with E-state index >= 15 is 0 Å². The molecule has 0 aliphatic carbocycles. The highest BCUT2D eigenvalue weighted by Crippen LogP contribution is 2.08. The highest BCUT2D eigenvalue weighted by molar-refractivity contribution is 5.32. The van der Waals surface area contributed by atoms with Crippen LogP contribution in [0.3, 0.4) is 0 Å². The summed E-state index contributed by atoms with van der Waals surface area (Å²) in [7, 11) is 0. The highest BCUT2D eigenvalue weighted by atomic mass is 14.0. The van der Waals surface area contributed by atoms with Crippen molar-refractivity contribution in [3.63, 3.8) is 0 Å². The second-order valence-electron chi connectivity index (χ2n) is 3.42. The average molecular weight is 157 g/mol. The minimum Gasteiger partial charge on any atom is -0.0625 e. The Balaban J connectivity index is 2.73. The molecule has 0 nitrogen and oxygen atoms in total. The van der Waals surface area contributed by atoms with Gasteiger partial charge in [0.1, 0.15) is 0 Å². The van der Waals surface area contributed by atoms with Crippen molar-refractivity contribution in [3.05, 3.63) is 41.8 Å². The Labute approximate surface area is 74.6 Å². The predicted octanol–water partition coefficient (Wildman–Crippen LogP) is 2.82. The molecule has 12 heavy (non-hydrogen) atoms. The van der Waals surface area contributed by atoms with Crippen LogP contribution in [0.25, 0.3) is 0 Å². The first-order chi connectivity index (χ1) is 5.72. The first-order valence-corrected chi connectivity index (χ1v) is 4.24. The van der Waals surface area contributed by atoms with Gasteiger partial charge in [0.05, 0.1) is 0 Å². The molecule has 1 radical (unpaired) electrons. The summed E-state index contributed by atoms with van der Waals surface area (Å²) in [6, 6.07) is 8.00. The van der Waals surface area contributed by atoms with Gasteiger partial charge in [-0.1, -0.05) is 31.9 Å². The first-order valence-electron chi connectivity index (χ1n) is 4.24. The molecule has 0 saturated heterocycles. The van der Waals surface area contributed by atoms with Gasteiger partial charge in [-0.05, 0) is 36.5 Å². The Morgan fingerprint density at radius 2 is 1.83 bits per heavy atom. The van der Waals surface area contributed by atoms with E-state index in [1.165, 1.54) is 5.56 Å². The fourth-order valence-corrected chi connectivity index (χ4v) is 1.20. The average Bonchev–Trinajstić information content (AvgIpc) is 2.05. The topological polar surface area (TPSA) is 0 Å². The Morgan fingerprint density at radius 1 is 1.25 bits per heavy atom. The molecule has 0 bridgehead atoms. The van der Waals surface area contributed by atoms with Crippen molar-refractivity contribution in [1.29, 1.82) is 0 Å². The van der Waals surface area contributed by atoms with Crippen molar-refractivity contribution in [2.75, 3.05) is 0 Å². The fourth-order valence-electron chi connectivity index (χ4n) is 1.20. The fraction of sp³-hybridized carbons (Fsp3) is 0.333. The zero-order chi connectivity index (χ0) is 8.97. The van der Waals surface area contributed by atoms with E-state index in [1.807, 2.05) is 12.1 Å². The van der Waals surface area contributed by atoms with Gasteiger partial charge >= 0.3 is 0 Å². The normalized spacial score (nSPS) is 9.83. The van der Waals surface area contributed by atoms with Gasteiger partial charge in [0, 0.05) is 5.56 Å². The van der Waals surface area contributed by atoms with Crippen LogP contribution >= 0.6 is 0 Å². The molecular formula is C12H13. The summed E-state index contributed by atoms with van der Waals surface area (Å²) in [5, 5.41) is 0. The summed E-state index contributed by atoms with van der Waals surface area (Å²) in [5.74, 6) is 3.05. The summed E-state index contributed by atoms with van der Waals surface area (Å²) in [6.07, 6.45) is 8.02. The zero-order valence-corrected chi connectivity index (χ0v) is 7.59. The molecular weight excluding hydrogens is 144 g/mol. The summed E-state index contributed by atoms with van der Waals surface area (Å²) in [5.41, 5.74) is 2.19. The van der Waals surface area contributed by atoms with Gasteiger partial charge in [-0.25, -0.2) is 0 Å². The van der Waals surface area contributed by atoms with E-state index in [-0.39, 0.29) is 0 Å². The minimum absolute atomic E-state index is 0.694. The summed E-state index contributed by atoms with van der Waals surface area (Å²) >= 11 is 0. The van der Waals surface area contributed by atoms with Crippen LogP contribution in [0.1, 0.15) is 25.0 Å². The van der Waals surface area contributed by atoms with E-state index in [1.54, 1.807) is 0 Å². The monoisotopic (exact) mass is 157 g/mol. The molecule has 0 aliphatic rings. The third kappa shape index (κ3) is 2.43. The minimum atomic E-state index is 0.694. The van der Waals surface area contributed by atoms with Gasteiger partial charge in [-0.3, -0.25) is 0 Å². The Morgan fingerprint density at radius 3 is 2.25 bits per heavy atom. The Bertz CT molecular complexity index is 272. The molecule has 1 aromatic rings. The molecule has 0 unspecified atom stereocenters. The van der Waals surface area contributed by atoms with Crippen LogP contribution in [-0.4, -0.2) is 0 Å². The van der Waals surface area contributed by atoms with E-state index in [0.717, 1.165) is 12.0 Å². The van der Waals surface area contributed by atoms with Gasteiger partial charge in [-0.2, -0.15) is 0 Å². The van der Waals surface area contributed by atoms with E-state index < -0.39 is 0 Å². The Hall–Kier alpha value is -1.22. The summed E-state index contributed by atoms with van der Waals surface area (Å²) in [4.78, 5) is 0. The number of hydrogen-bond donors (Lipinski definition) is 0. The zero-order valence-electron chi connectivity index (χ0n) is 7.59. The van der Waals surface area contributed by atoms with Crippen molar-refractivity contribution < 1.29 is 0 Å². The van der Waals surface area contributed by atoms with E-state index in [4.69, 9.17) is 6.42 Å². The maximum absolute atomic E-state index is 6.91. The number of benzene rings is 1. The van der Waals surface area contributed by atoms with Crippen LogP contribution in [0.5, 0.6) is 0 Å². The van der Waals surface area contributed by atoms with Crippen LogP contribution < -0.4 is 0 Å². The molecule has 61 valence electrons. The molecule has 1 rings (SSSR count). The van der Waals surface area contributed by atoms with Gasteiger partial charge in [0.15, 0.2) is 0 Å². The maximum Gasteiger partial charge on any atom is 0.0255 e. The first kappa shape index (κ1) is 8.87. The molecule has 0 aromatic heterocycles. The van der Waals surface area contributed by atoms with Crippen LogP contribution in [-0.2, 0) is 6.42 Å². The number of hydrogen-bond acceptors (Lipinski definition) is 0. The highest BCUT2D eigenvalue weighted by Gasteiger charge is 1.96. The van der Waals surface area contributed by atoms with Crippen LogP contribution in [0.15, 0.2) is 24.3 Å². The molecule has 0 heterocycles. The molecule has 0 amide bonds. The van der Waals surface area contributed by atoms with Crippen molar-refractivity contribution >= 4 is 0 Å². The molecule has 0 atom stereocenters. The lowest BCUT2D eigenvalue weighted by Gasteiger charge is -2.03. The molecule has 0 N–H and O–H groups in total. The molecule has 0 spiro atoms. The molecule has 1 aromatic carbocycles. The molecule has 0 heteroatoms. The predicted molar refractivity (Wildman–Crippen MR) is 51.2 cm³/mol. The number of rotatable bonds is 2. The summed E-state index contributed by atoms with van der Waals surface area (Å²) in [6.45, 7) is 4.41. The van der Waals surface area contributed by atoms with Crippen molar-refractivity contribution in [3.8, 4) is 5.92 Å². The van der Waals surface area contributed by atoms with Gasteiger partial charge in [0.2, 0.25) is 0 Å². The summed E-state index contributed by atoms with van der Waals surface area (Å²) < 4.78 is 0. The SMILES string of the molecule is [C]#Cc1ccc(CC(C)C)cc1. The van der Waals surface area contributed by atoms with Gasteiger partial charge in [-0.15, -0.1) is 0 Å². The lowest BCUT2D eigenvalue weighted by Crippen LogP contribution is -1.93. The molecule has 0 aliphatic heterocycles. The molecule has 0 saturated carbocycles. The van der Waals surface area contributed by atoms with Gasteiger partial charge < -0.3 is 0 Å². The second-order valence-corrected chi connectivity index (χ2v) is 3.42. The van der Waals surface area contributed by atoms with Crippen LogP contribution in [0.4, 0.5) is 0 Å². The Kier molecular flexibility index (Phi) is 2.94. The maximum atomic E-state index is 6.91. The van der Waals surface area contributed by atoms with Crippen molar-refractivity contribution in [2.45, 2.75) is 20.3 Å². The van der Waals surface area contributed by atoms with Crippen molar-refractivity contribution in [1.82, 2.24) is 0 Å². The third-order valence-corrected chi connectivity index (χ3v) is 1.74. The van der Waals surface area contributed by atoms with Crippen LogP contribution in [0, 0.1) is 18.3 Å². The molecule has 0 fully saturated rings. The third-order valence-electron chi connectivity index (χ3n) is 1.74. The lowest BCUT2D eigenvalue weighted by atomic mass is 10.0. The van der Waals surface area contributed by atoms with Gasteiger partial charge in [0.25, 0.3) is 0 Å². The largest absolute Gasteiger partial charge is 0.0625 e. The van der Waals surface area contributed by atoms with E-state index in [0.29, 0.717) is 5.92 Å². The second kappa shape index (κ2) is 3.97.